The Hall–Kier alpha value is 1.05. The van der Waals surface area contributed by atoms with E-state index < -0.39 is 5.69 Å². The van der Waals surface area contributed by atoms with Crippen molar-refractivity contribution in [1.29, 1.82) is 0 Å². The van der Waals surface area contributed by atoms with Crippen LogP contribution in [0.15, 0.2) is 0 Å². The van der Waals surface area contributed by atoms with Crippen molar-refractivity contribution in [1.82, 2.24) is 0 Å². The molecule has 0 aliphatic heterocycles. The van der Waals surface area contributed by atoms with Crippen molar-refractivity contribution in [2.45, 2.75) is 25.5 Å². The molecule has 58 valence electrons. The molecule has 0 fully saturated rings. The van der Waals surface area contributed by atoms with Crippen molar-refractivity contribution in [2.24, 2.45) is 0 Å². The molecule has 0 saturated carbocycles. The van der Waals surface area contributed by atoms with Gasteiger partial charge < -0.3 is 9.79 Å². The maximum absolute atomic E-state index is 8.87. The fourth-order valence-corrected chi connectivity index (χ4v) is 6.04. The second-order valence-electron chi connectivity index (χ2n) is 2.81. The largest absolute Gasteiger partial charge is 0.342 e. The van der Waals surface area contributed by atoms with Gasteiger partial charge in [0.25, 0.3) is 0 Å². The Morgan fingerprint density at radius 1 is 1.33 bits per heavy atom. The second kappa shape index (κ2) is 2.97. The molecule has 0 bridgehead atoms. The summed E-state index contributed by atoms with van der Waals surface area (Å²) < 4.78 is -0.0704. The molecular formula is C4H13O2PS2. The Balaban J connectivity index is 4.32. The van der Waals surface area contributed by atoms with Crippen LogP contribution in [0.3, 0.4) is 0 Å². The van der Waals surface area contributed by atoms with Crippen molar-refractivity contribution >= 4 is 28.9 Å². The molecule has 9 heavy (non-hydrogen) atoms. The van der Waals surface area contributed by atoms with Crippen LogP contribution in [0, 0.1) is 0 Å². The first-order valence-electron chi connectivity index (χ1n) is 2.52. The van der Waals surface area contributed by atoms with Crippen molar-refractivity contribution in [3.05, 3.63) is 0 Å². The molecule has 0 spiro atoms. The highest BCUT2D eigenvalue weighted by Gasteiger charge is 2.10. The fourth-order valence-electron chi connectivity index (χ4n) is 0.402. The summed E-state index contributed by atoms with van der Waals surface area (Å²) in [6, 6.07) is 0. The Morgan fingerprint density at radius 2 is 1.67 bits per heavy atom. The zero-order valence-corrected chi connectivity index (χ0v) is 8.42. The lowest BCUT2D eigenvalue weighted by Crippen LogP contribution is -2.10. The maximum atomic E-state index is 8.87. The normalized spacial score (nSPS) is 14.0. The molecule has 0 aromatic rings. The van der Waals surface area contributed by atoms with Gasteiger partial charge in [0.15, 0.2) is 5.69 Å². The van der Waals surface area contributed by atoms with Gasteiger partial charge in [0, 0.05) is 4.75 Å². The van der Waals surface area contributed by atoms with Crippen LogP contribution in [0.4, 0.5) is 0 Å². The standard InChI is InChI=1S/C4H13O2PS2/c1-4(2,3)9-7(5,6)8/h5-6,8-9H,1-3H3. The zero-order valence-electron chi connectivity index (χ0n) is 5.74. The van der Waals surface area contributed by atoms with E-state index in [9.17, 15) is 0 Å². The molecule has 0 aromatic carbocycles. The fraction of sp³-hybridized carbons (Fsp3) is 1.00. The Kier molecular flexibility index (Phi) is 3.32. The summed E-state index contributed by atoms with van der Waals surface area (Å²) in [6.07, 6.45) is 0. The van der Waals surface area contributed by atoms with E-state index in [0.717, 1.165) is 0 Å². The molecule has 0 amide bonds. The van der Waals surface area contributed by atoms with Crippen LogP contribution < -0.4 is 0 Å². The number of rotatable bonds is 0. The summed E-state index contributed by atoms with van der Waals surface area (Å²) in [7, 11) is 0.619. The van der Waals surface area contributed by atoms with Gasteiger partial charge in [0.2, 0.25) is 0 Å². The zero-order chi connectivity index (χ0) is 7.71. The van der Waals surface area contributed by atoms with Gasteiger partial charge in [-0.05, 0) is 0 Å². The Morgan fingerprint density at radius 3 is 1.67 bits per heavy atom. The minimum Gasteiger partial charge on any atom is -0.342 e. The van der Waals surface area contributed by atoms with Crippen LogP contribution in [0.5, 0.6) is 0 Å². The smallest absolute Gasteiger partial charge is 0.196 e. The molecule has 0 heterocycles. The van der Waals surface area contributed by atoms with Crippen LogP contribution in [0.2, 0.25) is 0 Å². The van der Waals surface area contributed by atoms with Crippen LogP contribution >= 0.6 is 17.9 Å². The van der Waals surface area contributed by atoms with Crippen molar-refractivity contribution < 1.29 is 9.79 Å². The van der Waals surface area contributed by atoms with E-state index in [-0.39, 0.29) is 4.75 Å². The lowest BCUT2D eigenvalue weighted by molar-refractivity contribution is 0.502. The van der Waals surface area contributed by atoms with E-state index in [0.29, 0.717) is 10.9 Å². The minimum absolute atomic E-state index is 0.0704. The monoisotopic (exact) mass is 188 g/mol. The van der Waals surface area contributed by atoms with Gasteiger partial charge in [-0.15, -0.1) is 10.9 Å². The molecule has 0 unspecified atom stereocenters. The lowest BCUT2D eigenvalue weighted by Gasteiger charge is -2.15. The lowest BCUT2D eigenvalue weighted by atomic mass is 10.3. The summed E-state index contributed by atoms with van der Waals surface area (Å²) in [5.74, 6) is 0. The SMILES string of the molecule is CC(C)(C)[SH]=P(O)(O)S. The van der Waals surface area contributed by atoms with Crippen molar-refractivity contribution in [3.63, 3.8) is 0 Å². The average molecular weight is 188 g/mol. The summed E-state index contributed by atoms with van der Waals surface area (Å²) in [4.78, 5) is 17.7. The molecule has 0 radical (unpaired) electrons. The van der Waals surface area contributed by atoms with E-state index in [2.05, 4.69) is 12.2 Å². The van der Waals surface area contributed by atoms with E-state index in [1.807, 2.05) is 20.8 Å². The third-order valence-electron chi connectivity index (χ3n) is 0.434. The third-order valence-corrected chi connectivity index (χ3v) is 4.71. The molecule has 0 atom stereocenters. The third kappa shape index (κ3) is 9.05. The van der Waals surface area contributed by atoms with Gasteiger partial charge in [0.1, 0.15) is 0 Å². The first kappa shape index (κ1) is 10.0. The van der Waals surface area contributed by atoms with E-state index in [1.165, 1.54) is 0 Å². The summed E-state index contributed by atoms with van der Waals surface area (Å²) in [5.41, 5.74) is -2.87. The first-order valence-corrected chi connectivity index (χ1v) is 6.97. The van der Waals surface area contributed by atoms with Crippen molar-refractivity contribution in [3.8, 4) is 0 Å². The summed E-state index contributed by atoms with van der Waals surface area (Å²) in [6.45, 7) is 5.81. The molecule has 0 saturated heterocycles. The van der Waals surface area contributed by atoms with Gasteiger partial charge in [0.05, 0.1) is 0 Å². The number of thiol groups is 2. The summed E-state index contributed by atoms with van der Waals surface area (Å²) >= 11 is 3.66. The molecule has 0 aliphatic carbocycles. The molecule has 0 aliphatic rings. The van der Waals surface area contributed by atoms with E-state index in [1.54, 1.807) is 0 Å². The first-order chi connectivity index (χ1) is 3.71. The summed E-state index contributed by atoms with van der Waals surface area (Å²) in [5, 5.41) is 0. The average Bonchev–Trinajstić information content (AvgIpc) is 1.14. The van der Waals surface area contributed by atoms with E-state index >= 15 is 0 Å². The minimum atomic E-state index is -2.87. The Bertz CT molecular complexity index is 135. The Labute approximate surface area is 64.6 Å². The van der Waals surface area contributed by atoms with Gasteiger partial charge in [-0.1, -0.05) is 33.0 Å². The van der Waals surface area contributed by atoms with Crippen LogP contribution in [0.25, 0.3) is 0 Å². The predicted molar refractivity (Wildman–Crippen MR) is 48.9 cm³/mol. The highest BCUT2D eigenvalue weighted by molar-refractivity contribution is 8.62. The topological polar surface area (TPSA) is 40.5 Å². The van der Waals surface area contributed by atoms with Crippen LogP contribution in [-0.4, -0.2) is 14.5 Å². The van der Waals surface area contributed by atoms with Gasteiger partial charge >= 0.3 is 0 Å². The van der Waals surface area contributed by atoms with Gasteiger partial charge in [-0.3, -0.25) is 0 Å². The van der Waals surface area contributed by atoms with Crippen LogP contribution in [0.1, 0.15) is 20.8 Å². The quantitative estimate of drug-likeness (QED) is 0.341. The molecule has 2 N–H and O–H groups in total. The molecule has 2 nitrogen and oxygen atoms in total. The highest BCUT2D eigenvalue weighted by Crippen LogP contribution is 2.45. The molecule has 0 aromatic heterocycles. The maximum Gasteiger partial charge on any atom is 0.196 e. The van der Waals surface area contributed by atoms with Gasteiger partial charge in [-0.2, -0.15) is 0 Å². The van der Waals surface area contributed by atoms with Gasteiger partial charge in [-0.25, -0.2) is 0 Å². The molecule has 0 rings (SSSR count). The van der Waals surface area contributed by atoms with E-state index in [4.69, 9.17) is 9.79 Å². The highest BCUT2D eigenvalue weighted by atomic mass is 32.9. The number of hydrogen-bond acceptors (Lipinski definition) is 0. The predicted octanol–water partition coefficient (Wildman–Crippen LogP) is 1.19. The molecular weight excluding hydrogens is 175 g/mol. The van der Waals surface area contributed by atoms with Crippen LogP contribution in [-0.2, 0) is 10.9 Å². The van der Waals surface area contributed by atoms with Crippen molar-refractivity contribution in [2.75, 3.05) is 0 Å². The molecule has 5 heteroatoms. The second-order valence-corrected chi connectivity index (χ2v) is 10.3. The number of hydrogen-bond donors (Lipinski definition) is 4.